The zero-order chi connectivity index (χ0) is 13.7. The van der Waals surface area contributed by atoms with Crippen LogP contribution in [0, 0.1) is 0 Å². The first-order valence-corrected chi connectivity index (χ1v) is 7.11. The van der Waals surface area contributed by atoms with Crippen LogP contribution in [0.1, 0.15) is 0 Å². The molecular weight excluding hydrogens is 294 g/mol. The molecular formula is C13H8ClN5S. The van der Waals surface area contributed by atoms with Crippen molar-refractivity contribution in [2.75, 3.05) is 5.73 Å². The largest absolute Gasteiger partial charge is 0.383 e. The van der Waals surface area contributed by atoms with Crippen molar-refractivity contribution in [1.29, 1.82) is 0 Å². The minimum absolute atomic E-state index is 0.434. The highest BCUT2D eigenvalue weighted by Gasteiger charge is 2.13. The van der Waals surface area contributed by atoms with Crippen molar-refractivity contribution in [3.8, 4) is 5.69 Å². The molecule has 0 unspecified atom stereocenters. The Morgan fingerprint density at radius 1 is 1.20 bits per heavy atom. The van der Waals surface area contributed by atoms with E-state index in [9.17, 15) is 0 Å². The van der Waals surface area contributed by atoms with Gasteiger partial charge in [0, 0.05) is 20.5 Å². The van der Waals surface area contributed by atoms with Gasteiger partial charge in [0.05, 0.1) is 17.3 Å². The molecule has 0 saturated carbocycles. The molecule has 20 heavy (non-hydrogen) atoms. The van der Waals surface area contributed by atoms with Crippen molar-refractivity contribution in [1.82, 2.24) is 19.7 Å². The van der Waals surface area contributed by atoms with Crippen molar-refractivity contribution in [2.45, 2.75) is 0 Å². The number of rotatable bonds is 1. The van der Waals surface area contributed by atoms with E-state index in [0.717, 1.165) is 26.2 Å². The number of nitrogens with two attached hydrogens (primary N) is 1. The summed E-state index contributed by atoms with van der Waals surface area (Å²) in [6.07, 6.45) is 3.13. The third-order valence-corrected chi connectivity index (χ3v) is 4.31. The predicted molar refractivity (Wildman–Crippen MR) is 81.5 cm³/mol. The Morgan fingerprint density at radius 2 is 2.10 bits per heavy atom. The van der Waals surface area contributed by atoms with Crippen LogP contribution in [0.4, 0.5) is 5.82 Å². The zero-order valence-corrected chi connectivity index (χ0v) is 11.7. The fourth-order valence-corrected chi connectivity index (χ4v) is 3.39. The summed E-state index contributed by atoms with van der Waals surface area (Å²) >= 11 is 7.63. The molecule has 0 saturated heterocycles. The monoisotopic (exact) mass is 301 g/mol. The average molecular weight is 302 g/mol. The van der Waals surface area contributed by atoms with E-state index in [-0.39, 0.29) is 0 Å². The minimum atomic E-state index is 0.434. The summed E-state index contributed by atoms with van der Waals surface area (Å²) in [7, 11) is 0. The molecule has 0 aliphatic rings. The number of halogens is 1. The summed E-state index contributed by atoms with van der Waals surface area (Å²) in [5.74, 6) is 0.434. The van der Waals surface area contributed by atoms with Crippen LogP contribution in [-0.2, 0) is 0 Å². The molecule has 0 fully saturated rings. The lowest BCUT2D eigenvalue weighted by molar-refractivity contribution is 0.905. The summed E-state index contributed by atoms with van der Waals surface area (Å²) < 4.78 is 2.89. The standard InChI is InChI=1S/C13H8ClN5S/c14-7-1-2-8-10(5-20-11(8)3-7)19-13-9(4-18-19)12(15)16-6-17-13/h1-6H,(H2,15,16,17). The van der Waals surface area contributed by atoms with Gasteiger partial charge in [-0.25, -0.2) is 14.6 Å². The van der Waals surface area contributed by atoms with Gasteiger partial charge in [0.2, 0.25) is 0 Å². The Labute approximate surface area is 122 Å². The van der Waals surface area contributed by atoms with Gasteiger partial charge in [-0.3, -0.25) is 0 Å². The van der Waals surface area contributed by atoms with Gasteiger partial charge in [0.25, 0.3) is 0 Å². The molecule has 0 radical (unpaired) electrons. The van der Waals surface area contributed by atoms with E-state index in [1.807, 2.05) is 23.6 Å². The van der Waals surface area contributed by atoms with Crippen LogP contribution in [0.25, 0.3) is 26.8 Å². The van der Waals surface area contributed by atoms with Crippen LogP contribution < -0.4 is 5.73 Å². The first-order chi connectivity index (χ1) is 9.74. The highest BCUT2D eigenvalue weighted by molar-refractivity contribution is 7.17. The number of nitrogens with zero attached hydrogens (tertiary/aromatic N) is 4. The molecule has 98 valence electrons. The van der Waals surface area contributed by atoms with Gasteiger partial charge in [-0.05, 0) is 18.2 Å². The normalized spacial score (nSPS) is 11.4. The number of aromatic nitrogens is 4. The second-order valence-corrected chi connectivity index (χ2v) is 5.66. The van der Waals surface area contributed by atoms with E-state index in [0.29, 0.717) is 11.5 Å². The topological polar surface area (TPSA) is 69.6 Å². The Bertz CT molecular complexity index is 942. The smallest absolute Gasteiger partial charge is 0.168 e. The molecule has 0 bridgehead atoms. The molecule has 0 atom stereocenters. The first-order valence-electron chi connectivity index (χ1n) is 5.85. The second-order valence-electron chi connectivity index (χ2n) is 4.31. The Kier molecular flexibility index (Phi) is 2.42. The number of nitrogen functional groups attached to an aromatic ring is 1. The molecule has 0 amide bonds. The third kappa shape index (κ3) is 1.59. The van der Waals surface area contributed by atoms with Gasteiger partial charge in [-0.2, -0.15) is 5.10 Å². The highest BCUT2D eigenvalue weighted by atomic mass is 35.5. The van der Waals surface area contributed by atoms with Crippen molar-refractivity contribution in [3.63, 3.8) is 0 Å². The lowest BCUT2D eigenvalue weighted by atomic mass is 10.2. The van der Waals surface area contributed by atoms with Crippen LogP contribution in [0.3, 0.4) is 0 Å². The maximum absolute atomic E-state index is 6.02. The molecule has 0 aliphatic carbocycles. The van der Waals surface area contributed by atoms with Crippen molar-refractivity contribution in [2.24, 2.45) is 0 Å². The van der Waals surface area contributed by atoms with E-state index < -0.39 is 0 Å². The van der Waals surface area contributed by atoms with Gasteiger partial charge in [-0.15, -0.1) is 11.3 Å². The Morgan fingerprint density at radius 3 is 3.00 bits per heavy atom. The molecule has 3 aromatic heterocycles. The summed E-state index contributed by atoms with van der Waals surface area (Å²) in [4.78, 5) is 8.24. The molecule has 1 aromatic carbocycles. The number of benzene rings is 1. The van der Waals surface area contributed by atoms with Gasteiger partial charge in [0.1, 0.15) is 12.1 Å². The van der Waals surface area contributed by atoms with Crippen LogP contribution >= 0.6 is 22.9 Å². The summed E-state index contributed by atoms with van der Waals surface area (Å²) in [5, 5.41) is 8.97. The number of thiophene rings is 1. The number of hydrogen-bond donors (Lipinski definition) is 1. The first kappa shape index (κ1) is 11.6. The summed E-state index contributed by atoms with van der Waals surface area (Å²) in [6, 6.07) is 5.80. The number of fused-ring (bicyclic) bond motifs is 2. The van der Waals surface area contributed by atoms with E-state index in [2.05, 4.69) is 15.1 Å². The molecule has 0 aliphatic heterocycles. The number of hydrogen-bond acceptors (Lipinski definition) is 5. The quantitative estimate of drug-likeness (QED) is 0.586. The van der Waals surface area contributed by atoms with E-state index in [1.54, 1.807) is 22.2 Å². The Hall–Kier alpha value is -2.18. The van der Waals surface area contributed by atoms with E-state index in [1.165, 1.54) is 6.33 Å². The van der Waals surface area contributed by atoms with Gasteiger partial charge in [-0.1, -0.05) is 11.6 Å². The van der Waals surface area contributed by atoms with Crippen molar-refractivity contribution < 1.29 is 0 Å². The van der Waals surface area contributed by atoms with Crippen molar-refractivity contribution in [3.05, 3.63) is 41.1 Å². The molecule has 5 nitrogen and oxygen atoms in total. The van der Waals surface area contributed by atoms with E-state index >= 15 is 0 Å². The maximum atomic E-state index is 6.02. The number of anilines is 1. The minimum Gasteiger partial charge on any atom is -0.383 e. The predicted octanol–water partition coefficient (Wildman–Crippen LogP) is 3.27. The summed E-state index contributed by atoms with van der Waals surface area (Å²) in [6.45, 7) is 0. The zero-order valence-electron chi connectivity index (χ0n) is 10.1. The highest BCUT2D eigenvalue weighted by Crippen LogP contribution is 2.32. The average Bonchev–Trinajstić information content (AvgIpc) is 3.02. The molecule has 7 heteroatoms. The molecule has 3 heterocycles. The van der Waals surface area contributed by atoms with E-state index in [4.69, 9.17) is 17.3 Å². The van der Waals surface area contributed by atoms with Gasteiger partial charge >= 0.3 is 0 Å². The van der Waals surface area contributed by atoms with Gasteiger partial charge < -0.3 is 5.73 Å². The van der Waals surface area contributed by atoms with Crippen LogP contribution in [-0.4, -0.2) is 19.7 Å². The lowest BCUT2D eigenvalue weighted by Gasteiger charge is -2.01. The molecule has 0 spiro atoms. The SMILES string of the molecule is Nc1ncnc2c1cnn2-c1csc2cc(Cl)ccc12. The van der Waals surface area contributed by atoms with Crippen LogP contribution in [0.2, 0.25) is 5.02 Å². The molecule has 2 N–H and O–H groups in total. The summed E-state index contributed by atoms with van der Waals surface area (Å²) in [5.41, 5.74) is 7.50. The lowest BCUT2D eigenvalue weighted by Crippen LogP contribution is -1.98. The fourth-order valence-electron chi connectivity index (χ4n) is 2.19. The van der Waals surface area contributed by atoms with Crippen LogP contribution in [0.5, 0.6) is 0 Å². The Balaban J connectivity index is 2.04. The fraction of sp³-hybridized carbons (Fsp3) is 0. The van der Waals surface area contributed by atoms with Gasteiger partial charge in [0.15, 0.2) is 5.65 Å². The second kappa shape index (κ2) is 4.16. The molecule has 4 rings (SSSR count). The third-order valence-electron chi connectivity index (χ3n) is 3.14. The molecule has 4 aromatic rings. The van der Waals surface area contributed by atoms with Crippen molar-refractivity contribution >= 4 is 49.9 Å². The maximum Gasteiger partial charge on any atom is 0.168 e. The van der Waals surface area contributed by atoms with Crippen LogP contribution in [0.15, 0.2) is 36.1 Å².